The van der Waals surface area contributed by atoms with E-state index in [2.05, 4.69) is 30.8 Å². The summed E-state index contributed by atoms with van der Waals surface area (Å²) < 4.78 is 0. The highest BCUT2D eigenvalue weighted by Gasteiger charge is 2.23. The van der Waals surface area contributed by atoms with Crippen molar-refractivity contribution < 1.29 is 0 Å². The minimum absolute atomic E-state index is 0.737. The van der Waals surface area contributed by atoms with Gasteiger partial charge in [0.05, 0.1) is 0 Å². The number of nitrogens with two attached hydrogens (primary N) is 1. The van der Waals surface area contributed by atoms with E-state index in [0.29, 0.717) is 0 Å². The normalized spacial score (nSPS) is 28.6. The maximum Gasteiger partial charge on any atom is 0.00671 e. The second-order valence-electron chi connectivity index (χ2n) is 5.18. The van der Waals surface area contributed by atoms with Crippen LogP contribution in [0.25, 0.3) is 0 Å². The monoisotopic (exact) mass is 213 g/mol. The van der Waals surface area contributed by atoms with Gasteiger partial charge in [0.1, 0.15) is 0 Å². The number of hydrogen-bond acceptors (Lipinski definition) is 3. The van der Waals surface area contributed by atoms with E-state index in [-0.39, 0.29) is 0 Å². The fraction of sp³-hybridized carbons (Fsp3) is 1.00. The molecule has 90 valence electrons. The van der Waals surface area contributed by atoms with Gasteiger partial charge >= 0.3 is 0 Å². The third-order valence-electron chi connectivity index (χ3n) is 3.49. The van der Waals surface area contributed by atoms with Crippen molar-refractivity contribution in [2.24, 2.45) is 11.7 Å². The van der Waals surface area contributed by atoms with E-state index in [1.165, 1.54) is 38.9 Å². The minimum atomic E-state index is 0.737. The lowest BCUT2D eigenvalue weighted by molar-refractivity contribution is 0.116. The quantitative estimate of drug-likeness (QED) is 0.739. The first-order chi connectivity index (χ1) is 7.13. The first-order valence-electron chi connectivity index (χ1n) is 6.22. The summed E-state index contributed by atoms with van der Waals surface area (Å²) in [7, 11) is 4.28. The number of hydrogen-bond donors (Lipinski definition) is 1. The fourth-order valence-corrected chi connectivity index (χ4v) is 2.36. The Labute approximate surface area is 94.6 Å². The number of nitrogens with zero attached hydrogens (tertiary/aromatic N) is 2. The highest BCUT2D eigenvalue weighted by atomic mass is 15.2. The highest BCUT2D eigenvalue weighted by molar-refractivity contribution is 4.79. The van der Waals surface area contributed by atoms with Gasteiger partial charge in [-0.1, -0.05) is 0 Å². The van der Waals surface area contributed by atoms with Gasteiger partial charge in [0.2, 0.25) is 0 Å². The standard InChI is InChI=1S/C12H27N3/c1-11-5-6-12(9-13)10-15(11)8-4-7-14(2)3/h11-12H,4-10,13H2,1-3H3. The molecule has 0 amide bonds. The van der Waals surface area contributed by atoms with Crippen molar-refractivity contribution in [1.82, 2.24) is 9.80 Å². The summed E-state index contributed by atoms with van der Waals surface area (Å²) >= 11 is 0. The van der Waals surface area contributed by atoms with Crippen LogP contribution in [-0.2, 0) is 0 Å². The van der Waals surface area contributed by atoms with Gasteiger partial charge in [-0.25, -0.2) is 0 Å². The summed E-state index contributed by atoms with van der Waals surface area (Å²) in [5.41, 5.74) is 5.75. The van der Waals surface area contributed by atoms with Crippen LogP contribution in [-0.4, -0.2) is 56.1 Å². The molecule has 0 spiro atoms. The van der Waals surface area contributed by atoms with Gasteiger partial charge < -0.3 is 15.5 Å². The van der Waals surface area contributed by atoms with E-state index >= 15 is 0 Å². The zero-order valence-electron chi connectivity index (χ0n) is 10.6. The molecular weight excluding hydrogens is 186 g/mol. The molecule has 3 nitrogen and oxygen atoms in total. The van der Waals surface area contributed by atoms with Crippen LogP contribution in [0, 0.1) is 5.92 Å². The smallest absolute Gasteiger partial charge is 0.00671 e. The van der Waals surface area contributed by atoms with Crippen LogP contribution >= 0.6 is 0 Å². The number of piperidine rings is 1. The predicted octanol–water partition coefficient (Wildman–Crippen LogP) is 0.997. The summed E-state index contributed by atoms with van der Waals surface area (Å²) in [4.78, 5) is 4.87. The average molecular weight is 213 g/mol. The van der Waals surface area contributed by atoms with E-state index in [0.717, 1.165) is 18.5 Å². The molecular formula is C12H27N3. The Bertz CT molecular complexity index is 170. The molecule has 3 heteroatoms. The topological polar surface area (TPSA) is 32.5 Å². The van der Waals surface area contributed by atoms with E-state index in [9.17, 15) is 0 Å². The van der Waals surface area contributed by atoms with Crippen molar-refractivity contribution in [2.75, 3.05) is 40.3 Å². The van der Waals surface area contributed by atoms with Crippen LogP contribution in [0.3, 0.4) is 0 Å². The van der Waals surface area contributed by atoms with Crippen molar-refractivity contribution >= 4 is 0 Å². The van der Waals surface area contributed by atoms with Gasteiger partial charge in [0.15, 0.2) is 0 Å². The summed E-state index contributed by atoms with van der Waals surface area (Å²) in [6.07, 6.45) is 3.92. The summed E-state index contributed by atoms with van der Waals surface area (Å²) in [6, 6.07) is 0.759. The molecule has 0 bridgehead atoms. The maximum absolute atomic E-state index is 5.75. The molecule has 1 heterocycles. The number of rotatable bonds is 5. The van der Waals surface area contributed by atoms with Gasteiger partial charge in [-0.05, 0) is 65.8 Å². The van der Waals surface area contributed by atoms with Crippen LogP contribution in [0.2, 0.25) is 0 Å². The molecule has 0 radical (unpaired) electrons. The Kier molecular flexibility index (Phi) is 5.58. The fourth-order valence-electron chi connectivity index (χ4n) is 2.36. The van der Waals surface area contributed by atoms with E-state index in [1.807, 2.05) is 0 Å². The zero-order valence-corrected chi connectivity index (χ0v) is 10.6. The van der Waals surface area contributed by atoms with E-state index in [1.54, 1.807) is 0 Å². The average Bonchev–Trinajstić information content (AvgIpc) is 2.20. The first kappa shape index (κ1) is 12.9. The Morgan fingerprint density at radius 2 is 2.07 bits per heavy atom. The molecule has 1 aliphatic heterocycles. The van der Waals surface area contributed by atoms with Crippen LogP contribution in [0.4, 0.5) is 0 Å². The molecule has 1 rings (SSSR count). The number of likely N-dealkylation sites (tertiary alicyclic amines) is 1. The van der Waals surface area contributed by atoms with Gasteiger partial charge in [-0.15, -0.1) is 0 Å². The Hall–Kier alpha value is -0.120. The predicted molar refractivity (Wildman–Crippen MR) is 66.0 cm³/mol. The lowest BCUT2D eigenvalue weighted by Gasteiger charge is -2.37. The van der Waals surface area contributed by atoms with Crippen molar-refractivity contribution in [3.8, 4) is 0 Å². The second kappa shape index (κ2) is 6.46. The maximum atomic E-state index is 5.75. The molecule has 0 aromatic heterocycles. The largest absolute Gasteiger partial charge is 0.330 e. The van der Waals surface area contributed by atoms with Crippen molar-refractivity contribution in [3.63, 3.8) is 0 Å². The Balaban J connectivity index is 2.25. The minimum Gasteiger partial charge on any atom is -0.330 e. The molecule has 1 saturated heterocycles. The lowest BCUT2D eigenvalue weighted by atomic mass is 9.93. The highest BCUT2D eigenvalue weighted by Crippen LogP contribution is 2.20. The first-order valence-corrected chi connectivity index (χ1v) is 6.22. The van der Waals surface area contributed by atoms with Crippen LogP contribution in [0.5, 0.6) is 0 Å². The second-order valence-corrected chi connectivity index (χ2v) is 5.18. The summed E-state index contributed by atoms with van der Waals surface area (Å²) in [6.45, 7) is 6.84. The van der Waals surface area contributed by atoms with Gasteiger partial charge in [0, 0.05) is 12.6 Å². The zero-order chi connectivity index (χ0) is 11.3. The third kappa shape index (κ3) is 4.49. The van der Waals surface area contributed by atoms with Crippen molar-refractivity contribution in [2.45, 2.75) is 32.2 Å². The molecule has 0 aromatic carbocycles. The summed E-state index contributed by atoms with van der Waals surface area (Å²) in [5.74, 6) is 0.737. The van der Waals surface area contributed by atoms with Gasteiger partial charge in [0.25, 0.3) is 0 Å². The Morgan fingerprint density at radius 3 is 2.67 bits per heavy atom. The molecule has 0 aromatic rings. The molecule has 0 aliphatic carbocycles. The molecule has 2 unspecified atom stereocenters. The van der Waals surface area contributed by atoms with Crippen molar-refractivity contribution in [1.29, 1.82) is 0 Å². The lowest BCUT2D eigenvalue weighted by Crippen LogP contribution is -2.44. The Morgan fingerprint density at radius 1 is 1.33 bits per heavy atom. The molecule has 15 heavy (non-hydrogen) atoms. The SMILES string of the molecule is CC1CCC(CN)CN1CCCN(C)C. The van der Waals surface area contributed by atoms with E-state index < -0.39 is 0 Å². The van der Waals surface area contributed by atoms with Crippen LogP contribution in [0.15, 0.2) is 0 Å². The van der Waals surface area contributed by atoms with E-state index in [4.69, 9.17) is 5.73 Å². The van der Waals surface area contributed by atoms with Gasteiger partial charge in [-0.3, -0.25) is 0 Å². The van der Waals surface area contributed by atoms with Crippen LogP contribution in [0.1, 0.15) is 26.2 Å². The van der Waals surface area contributed by atoms with Crippen molar-refractivity contribution in [3.05, 3.63) is 0 Å². The van der Waals surface area contributed by atoms with Gasteiger partial charge in [-0.2, -0.15) is 0 Å². The molecule has 1 aliphatic rings. The molecule has 2 N–H and O–H groups in total. The summed E-state index contributed by atoms with van der Waals surface area (Å²) in [5, 5.41) is 0. The van der Waals surface area contributed by atoms with Crippen LogP contribution < -0.4 is 5.73 Å². The molecule has 1 fully saturated rings. The third-order valence-corrected chi connectivity index (χ3v) is 3.49. The molecule has 2 atom stereocenters. The molecule has 0 saturated carbocycles.